The van der Waals surface area contributed by atoms with E-state index < -0.39 is 0 Å². The number of halogens is 1. The zero-order valence-corrected chi connectivity index (χ0v) is 12.7. The smallest absolute Gasteiger partial charge is 0.0183 e. The van der Waals surface area contributed by atoms with E-state index in [9.17, 15) is 0 Å². The van der Waals surface area contributed by atoms with Crippen LogP contribution in [0.1, 0.15) is 78.1 Å². The normalized spacial score (nSPS) is 27.5. The molecule has 0 atom stereocenters. The van der Waals surface area contributed by atoms with Gasteiger partial charge in [-0.1, -0.05) is 38.5 Å². The zero-order chi connectivity index (χ0) is 11.6. The molecule has 0 aromatic heterocycles. The van der Waals surface area contributed by atoms with Gasteiger partial charge in [-0.25, -0.2) is 0 Å². The topological polar surface area (TPSA) is 3.24 Å². The van der Waals surface area contributed by atoms with E-state index in [1.807, 2.05) is 0 Å². The summed E-state index contributed by atoms with van der Waals surface area (Å²) in [7, 11) is 2.40. The van der Waals surface area contributed by atoms with Crippen LogP contribution in [0, 0.1) is 0 Å². The minimum absolute atomic E-state index is 0. The third-order valence-electron chi connectivity index (χ3n) is 5.48. The predicted molar refractivity (Wildman–Crippen MR) is 78.0 cm³/mol. The van der Waals surface area contributed by atoms with Gasteiger partial charge in [0.15, 0.2) is 0 Å². The number of nitrogens with zero attached hydrogens (tertiary/aromatic N) is 1. The van der Waals surface area contributed by atoms with Crippen LogP contribution in [-0.2, 0) is 0 Å². The Balaban J connectivity index is 0.00000144. The second-order valence-corrected chi connectivity index (χ2v) is 6.67. The van der Waals surface area contributed by atoms with E-state index in [1.54, 1.807) is 0 Å². The molecule has 2 aliphatic rings. The van der Waals surface area contributed by atoms with Crippen LogP contribution in [0.3, 0.4) is 0 Å². The first-order chi connectivity index (χ1) is 7.57. The van der Waals surface area contributed by atoms with Crippen molar-refractivity contribution in [3.05, 3.63) is 0 Å². The first-order valence-electron chi connectivity index (χ1n) is 7.31. The summed E-state index contributed by atoms with van der Waals surface area (Å²) < 4.78 is 0. The molecule has 102 valence electrons. The lowest BCUT2D eigenvalue weighted by atomic mass is 9.75. The molecule has 0 radical (unpaired) electrons. The molecule has 2 saturated carbocycles. The molecule has 2 fully saturated rings. The maximum atomic E-state index is 2.76. The van der Waals surface area contributed by atoms with Gasteiger partial charge in [-0.05, 0) is 46.6 Å². The molecular weight excluding hydrogens is 230 g/mol. The first kappa shape index (κ1) is 15.3. The summed E-state index contributed by atoms with van der Waals surface area (Å²) in [5.74, 6) is 0. The third-order valence-corrected chi connectivity index (χ3v) is 5.48. The van der Waals surface area contributed by atoms with Crippen LogP contribution >= 0.6 is 12.4 Å². The highest BCUT2D eigenvalue weighted by Gasteiger charge is 2.41. The van der Waals surface area contributed by atoms with Crippen molar-refractivity contribution in [1.82, 2.24) is 4.90 Å². The van der Waals surface area contributed by atoms with Gasteiger partial charge in [0.1, 0.15) is 0 Å². The highest BCUT2D eigenvalue weighted by Crippen LogP contribution is 2.41. The summed E-state index contributed by atoms with van der Waals surface area (Å²) in [6.45, 7) is 5.01. The monoisotopic (exact) mass is 259 g/mol. The van der Waals surface area contributed by atoms with Crippen LogP contribution in [0.5, 0.6) is 0 Å². The van der Waals surface area contributed by atoms with Crippen LogP contribution in [0.4, 0.5) is 0 Å². The molecule has 17 heavy (non-hydrogen) atoms. The van der Waals surface area contributed by atoms with E-state index in [2.05, 4.69) is 25.8 Å². The Hall–Kier alpha value is 0.250. The van der Waals surface area contributed by atoms with Crippen LogP contribution in [0.15, 0.2) is 0 Å². The van der Waals surface area contributed by atoms with Gasteiger partial charge in [0.25, 0.3) is 0 Å². The van der Waals surface area contributed by atoms with Gasteiger partial charge >= 0.3 is 0 Å². The van der Waals surface area contributed by atoms with E-state index in [0.717, 1.165) is 0 Å². The van der Waals surface area contributed by atoms with Crippen molar-refractivity contribution in [2.24, 2.45) is 0 Å². The van der Waals surface area contributed by atoms with Gasteiger partial charge in [0.2, 0.25) is 0 Å². The van der Waals surface area contributed by atoms with Gasteiger partial charge in [-0.3, -0.25) is 4.90 Å². The van der Waals surface area contributed by atoms with E-state index in [0.29, 0.717) is 11.1 Å². The lowest BCUT2D eigenvalue weighted by molar-refractivity contribution is -0.0213. The maximum absolute atomic E-state index is 2.76. The molecule has 0 spiro atoms. The van der Waals surface area contributed by atoms with E-state index >= 15 is 0 Å². The van der Waals surface area contributed by atoms with Crippen molar-refractivity contribution >= 4 is 12.4 Å². The van der Waals surface area contributed by atoms with Gasteiger partial charge in [-0.2, -0.15) is 0 Å². The Kier molecular flexibility index (Phi) is 5.34. The predicted octanol–water partition coefficient (Wildman–Crippen LogP) is 4.79. The summed E-state index contributed by atoms with van der Waals surface area (Å²) in [6, 6.07) is 0. The van der Waals surface area contributed by atoms with E-state index in [4.69, 9.17) is 0 Å². The summed E-state index contributed by atoms with van der Waals surface area (Å²) in [5, 5.41) is 0. The van der Waals surface area contributed by atoms with Crippen LogP contribution in [-0.4, -0.2) is 23.0 Å². The van der Waals surface area contributed by atoms with Crippen molar-refractivity contribution in [3.63, 3.8) is 0 Å². The average Bonchev–Trinajstić information content (AvgIpc) is 2.30. The van der Waals surface area contributed by atoms with Gasteiger partial charge in [-0.15, -0.1) is 12.4 Å². The van der Waals surface area contributed by atoms with Crippen molar-refractivity contribution in [1.29, 1.82) is 0 Å². The quantitative estimate of drug-likeness (QED) is 0.690. The van der Waals surface area contributed by atoms with Crippen LogP contribution < -0.4 is 0 Å². The molecule has 2 heteroatoms. The molecule has 0 aromatic carbocycles. The first-order valence-corrected chi connectivity index (χ1v) is 7.31. The Morgan fingerprint density at radius 2 is 0.941 bits per heavy atom. The SMILES string of the molecule is CN(C1(C)CCCCC1)C1(C)CCCCC1.Cl. The third kappa shape index (κ3) is 3.17. The minimum atomic E-state index is 0. The summed E-state index contributed by atoms with van der Waals surface area (Å²) in [4.78, 5) is 2.76. The minimum Gasteiger partial charge on any atom is -0.296 e. The number of hydrogen-bond donors (Lipinski definition) is 0. The fourth-order valence-electron chi connectivity index (χ4n) is 3.95. The van der Waals surface area contributed by atoms with Crippen molar-refractivity contribution in [3.8, 4) is 0 Å². The fraction of sp³-hybridized carbons (Fsp3) is 1.00. The highest BCUT2D eigenvalue weighted by atomic mass is 35.5. The van der Waals surface area contributed by atoms with E-state index in [-0.39, 0.29) is 12.4 Å². The molecule has 0 N–H and O–H groups in total. The molecular formula is C15H30ClN. The van der Waals surface area contributed by atoms with E-state index in [1.165, 1.54) is 64.2 Å². The van der Waals surface area contributed by atoms with Crippen molar-refractivity contribution in [2.75, 3.05) is 7.05 Å². The van der Waals surface area contributed by atoms with Gasteiger partial charge in [0.05, 0.1) is 0 Å². The Morgan fingerprint density at radius 3 is 1.24 bits per heavy atom. The largest absolute Gasteiger partial charge is 0.296 e. The van der Waals surface area contributed by atoms with Crippen LogP contribution in [0.25, 0.3) is 0 Å². The zero-order valence-electron chi connectivity index (χ0n) is 11.9. The molecule has 0 aliphatic heterocycles. The Bertz CT molecular complexity index is 203. The summed E-state index contributed by atoms with van der Waals surface area (Å²) in [5.41, 5.74) is 0.981. The fourth-order valence-corrected chi connectivity index (χ4v) is 3.95. The van der Waals surface area contributed by atoms with Crippen molar-refractivity contribution in [2.45, 2.75) is 89.1 Å². The second-order valence-electron chi connectivity index (χ2n) is 6.67. The second kappa shape index (κ2) is 5.93. The highest BCUT2D eigenvalue weighted by molar-refractivity contribution is 5.85. The molecule has 0 bridgehead atoms. The molecule has 2 rings (SSSR count). The number of rotatable bonds is 2. The lowest BCUT2D eigenvalue weighted by Gasteiger charge is -2.53. The number of hydrogen-bond acceptors (Lipinski definition) is 1. The maximum Gasteiger partial charge on any atom is 0.0183 e. The molecule has 0 aromatic rings. The Morgan fingerprint density at radius 1 is 0.647 bits per heavy atom. The Labute approximate surface area is 114 Å². The molecule has 1 nitrogen and oxygen atoms in total. The molecule has 0 heterocycles. The molecule has 0 unspecified atom stereocenters. The van der Waals surface area contributed by atoms with Gasteiger partial charge in [0, 0.05) is 11.1 Å². The van der Waals surface area contributed by atoms with Crippen molar-refractivity contribution < 1.29 is 0 Å². The summed E-state index contributed by atoms with van der Waals surface area (Å²) >= 11 is 0. The summed E-state index contributed by atoms with van der Waals surface area (Å²) in [6.07, 6.45) is 14.3. The van der Waals surface area contributed by atoms with Crippen LogP contribution in [0.2, 0.25) is 0 Å². The molecule has 2 aliphatic carbocycles. The molecule has 0 saturated heterocycles. The standard InChI is InChI=1S/C15H29N.ClH/c1-14(10-6-4-7-11-14)16(3)15(2)12-8-5-9-13-15;/h4-13H2,1-3H3;1H. The molecule has 0 amide bonds. The lowest BCUT2D eigenvalue weighted by Crippen LogP contribution is -2.57. The van der Waals surface area contributed by atoms with Gasteiger partial charge < -0.3 is 0 Å². The average molecular weight is 260 g/mol.